The van der Waals surface area contributed by atoms with Crippen LogP contribution in [0.15, 0.2) is 46.8 Å². The minimum absolute atomic E-state index is 0.0889. The molecule has 26 heavy (non-hydrogen) atoms. The second kappa shape index (κ2) is 7.11. The fourth-order valence-electron chi connectivity index (χ4n) is 2.74. The predicted octanol–water partition coefficient (Wildman–Crippen LogP) is 3.33. The van der Waals surface area contributed by atoms with Crippen LogP contribution in [0.25, 0.3) is 11.3 Å². The zero-order chi connectivity index (χ0) is 18.8. The Kier molecular flexibility index (Phi) is 4.88. The van der Waals surface area contributed by atoms with Gasteiger partial charge in [0.1, 0.15) is 11.9 Å². The molecule has 1 atom stereocenters. The highest BCUT2D eigenvalue weighted by Crippen LogP contribution is 2.23. The van der Waals surface area contributed by atoms with E-state index in [-0.39, 0.29) is 17.4 Å². The van der Waals surface area contributed by atoms with Gasteiger partial charge in [-0.05, 0) is 43.5 Å². The van der Waals surface area contributed by atoms with Gasteiger partial charge in [-0.15, -0.1) is 0 Å². The normalized spacial score (nSPS) is 17.3. The smallest absolute Gasteiger partial charge is 0.280 e. The molecule has 0 saturated carbocycles. The van der Waals surface area contributed by atoms with Crippen molar-refractivity contribution in [3.63, 3.8) is 0 Å². The van der Waals surface area contributed by atoms with Crippen LogP contribution in [0.5, 0.6) is 0 Å². The van der Waals surface area contributed by atoms with Crippen molar-refractivity contribution in [2.45, 2.75) is 33.2 Å². The van der Waals surface area contributed by atoms with E-state index >= 15 is 0 Å². The summed E-state index contributed by atoms with van der Waals surface area (Å²) in [5, 5.41) is 6.63. The van der Waals surface area contributed by atoms with Crippen LogP contribution >= 0.6 is 0 Å². The Balaban J connectivity index is 1.86. The number of benzene rings is 1. The van der Waals surface area contributed by atoms with Crippen LogP contribution in [0.2, 0.25) is 0 Å². The summed E-state index contributed by atoms with van der Waals surface area (Å²) in [6, 6.07) is 6.53. The minimum atomic E-state index is -0.649. The molecule has 0 saturated heterocycles. The molecule has 7 heteroatoms. The molecule has 1 unspecified atom stereocenters. The van der Waals surface area contributed by atoms with Crippen molar-refractivity contribution in [3.8, 4) is 11.3 Å². The van der Waals surface area contributed by atoms with E-state index in [1.54, 1.807) is 25.3 Å². The van der Waals surface area contributed by atoms with Crippen LogP contribution in [0.4, 0.5) is 4.39 Å². The van der Waals surface area contributed by atoms with Gasteiger partial charge in [-0.1, -0.05) is 19.0 Å². The van der Waals surface area contributed by atoms with Crippen molar-refractivity contribution < 1.29 is 18.5 Å². The highest BCUT2D eigenvalue weighted by Gasteiger charge is 2.32. The number of aromatic nitrogens is 1. The summed E-state index contributed by atoms with van der Waals surface area (Å²) in [6.45, 7) is 5.71. The van der Waals surface area contributed by atoms with Crippen molar-refractivity contribution in [1.29, 1.82) is 0 Å². The van der Waals surface area contributed by atoms with Crippen molar-refractivity contribution in [2.75, 3.05) is 0 Å². The average Bonchev–Trinajstić information content (AvgIpc) is 3.07. The topological polar surface area (TPSA) is 75.4 Å². The lowest BCUT2D eigenvalue weighted by Crippen LogP contribution is -2.49. The van der Waals surface area contributed by atoms with Crippen LogP contribution in [-0.4, -0.2) is 27.9 Å². The number of halogens is 1. The Morgan fingerprint density at radius 3 is 2.69 bits per heavy atom. The van der Waals surface area contributed by atoms with Gasteiger partial charge in [-0.25, -0.2) is 4.39 Å². The van der Waals surface area contributed by atoms with Crippen LogP contribution in [-0.2, 0) is 4.79 Å². The molecule has 0 fully saturated rings. The molecule has 6 nitrogen and oxygen atoms in total. The van der Waals surface area contributed by atoms with E-state index in [1.165, 1.54) is 23.1 Å². The molecule has 2 amide bonds. The Labute approximate surface area is 150 Å². The molecule has 2 heterocycles. The summed E-state index contributed by atoms with van der Waals surface area (Å²) in [5.74, 6) is -0.331. The third-order valence-corrected chi connectivity index (χ3v) is 4.10. The third kappa shape index (κ3) is 3.66. The predicted molar refractivity (Wildman–Crippen MR) is 93.2 cm³/mol. The number of hydrogen-bond donors (Lipinski definition) is 1. The van der Waals surface area contributed by atoms with Crippen LogP contribution < -0.4 is 5.32 Å². The maximum Gasteiger partial charge on any atom is 0.280 e. The monoisotopic (exact) mass is 357 g/mol. The lowest BCUT2D eigenvalue weighted by Gasteiger charge is -2.30. The van der Waals surface area contributed by atoms with Gasteiger partial charge >= 0.3 is 0 Å². The van der Waals surface area contributed by atoms with Crippen LogP contribution in [0, 0.1) is 11.7 Å². The number of carbonyl (C=O) groups is 2. The van der Waals surface area contributed by atoms with Gasteiger partial charge in [0.2, 0.25) is 5.91 Å². The summed E-state index contributed by atoms with van der Waals surface area (Å²) in [4.78, 5) is 26.3. The number of carbonyl (C=O) groups excluding carboxylic acids is 2. The number of allylic oxidation sites excluding steroid dienone is 1. The van der Waals surface area contributed by atoms with E-state index in [2.05, 4.69) is 10.5 Å². The second-order valence-electron chi connectivity index (χ2n) is 6.71. The zero-order valence-corrected chi connectivity index (χ0v) is 14.8. The van der Waals surface area contributed by atoms with Gasteiger partial charge in [0, 0.05) is 23.5 Å². The first-order chi connectivity index (χ1) is 12.3. The molecule has 1 aromatic heterocycles. The molecule has 3 rings (SSSR count). The summed E-state index contributed by atoms with van der Waals surface area (Å²) < 4.78 is 18.2. The number of nitrogens with zero attached hydrogens (tertiary/aromatic N) is 2. The largest absolute Gasteiger partial charge is 0.355 e. The van der Waals surface area contributed by atoms with Gasteiger partial charge in [-0.2, -0.15) is 0 Å². The van der Waals surface area contributed by atoms with E-state index in [9.17, 15) is 14.0 Å². The standard InChI is InChI=1S/C19H20FN3O3/c1-11(2)8-15-10-23(12(3)18(24)21-15)19(25)16-9-17(26-22-16)13-4-6-14(20)7-5-13/h4-7,9-12H,8H2,1-3H3,(H,21,24). The van der Waals surface area contributed by atoms with E-state index in [0.29, 0.717) is 29.4 Å². The summed E-state index contributed by atoms with van der Waals surface area (Å²) >= 11 is 0. The molecule has 1 aromatic carbocycles. The SMILES string of the molecule is CC(C)CC1=CN(C(=O)c2cc(-c3ccc(F)cc3)on2)C(C)C(=O)N1. The van der Waals surface area contributed by atoms with Crippen LogP contribution in [0.3, 0.4) is 0 Å². The van der Waals surface area contributed by atoms with Gasteiger partial charge < -0.3 is 9.84 Å². The molecule has 0 spiro atoms. The fourth-order valence-corrected chi connectivity index (χ4v) is 2.74. The molecule has 2 aromatic rings. The van der Waals surface area contributed by atoms with E-state index in [0.717, 1.165) is 0 Å². The molecule has 0 radical (unpaired) electrons. The first-order valence-corrected chi connectivity index (χ1v) is 8.42. The zero-order valence-electron chi connectivity index (χ0n) is 14.8. The molecular weight excluding hydrogens is 337 g/mol. The Hall–Kier alpha value is -2.96. The highest BCUT2D eigenvalue weighted by atomic mass is 19.1. The summed E-state index contributed by atoms with van der Waals surface area (Å²) in [7, 11) is 0. The number of hydrogen-bond acceptors (Lipinski definition) is 4. The lowest BCUT2D eigenvalue weighted by atomic mass is 10.1. The van der Waals surface area contributed by atoms with Gasteiger partial charge in [-0.3, -0.25) is 14.5 Å². The Morgan fingerprint density at radius 2 is 2.04 bits per heavy atom. The van der Waals surface area contributed by atoms with Crippen molar-refractivity contribution in [2.24, 2.45) is 5.92 Å². The van der Waals surface area contributed by atoms with Crippen molar-refractivity contribution >= 4 is 11.8 Å². The first kappa shape index (κ1) is 17.8. The average molecular weight is 357 g/mol. The summed E-state index contributed by atoms with van der Waals surface area (Å²) in [5.41, 5.74) is 1.39. The number of rotatable bonds is 4. The second-order valence-corrected chi connectivity index (χ2v) is 6.71. The van der Waals surface area contributed by atoms with Crippen LogP contribution in [0.1, 0.15) is 37.7 Å². The number of nitrogens with one attached hydrogen (secondary N) is 1. The molecule has 136 valence electrons. The van der Waals surface area contributed by atoms with E-state index < -0.39 is 11.9 Å². The van der Waals surface area contributed by atoms with Gasteiger partial charge in [0.25, 0.3) is 5.91 Å². The Bertz CT molecular complexity index is 855. The minimum Gasteiger partial charge on any atom is -0.355 e. The molecule has 1 aliphatic heterocycles. The highest BCUT2D eigenvalue weighted by molar-refractivity contribution is 5.98. The third-order valence-electron chi connectivity index (χ3n) is 4.10. The molecule has 1 aliphatic rings. The summed E-state index contributed by atoms with van der Waals surface area (Å²) in [6.07, 6.45) is 2.31. The van der Waals surface area contributed by atoms with Gasteiger partial charge in [0.05, 0.1) is 0 Å². The number of amides is 2. The van der Waals surface area contributed by atoms with Crippen molar-refractivity contribution in [3.05, 3.63) is 53.7 Å². The quantitative estimate of drug-likeness (QED) is 0.911. The maximum absolute atomic E-state index is 13.0. The Morgan fingerprint density at radius 1 is 1.35 bits per heavy atom. The fraction of sp³-hybridized carbons (Fsp3) is 0.316. The molecule has 1 N–H and O–H groups in total. The maximum atomic E-state index is 13.0. The lowest BCUT2D eigenvalue weighted by molar-refractivity contribution is -0.124. The van der Waals surface area contributed by atoms with Gasteiger partial charge in [0.15, 0.2) is 11.5 Å². The molecular formula is C19H20FN3O3. The van der Waals surface area contributed by atoms with E-state index in [4.69, 9.17) is 4.52 Å². The molecule has 0 bridgehead atoms. The van der Waals surface area contributed by atoms with E-state index in [1.807, 2.05) is 13.8 Å². The first-order valence-electron chi connectivity index (χ1n) is 8.42. The van der Waals surface area contributed by atoms with Crippen molar-refractivity contribution in [1.82, 2.24) is 15.4 Å². The molecule has 0 aliphatic carbocycles.